The number of aromatic hydroxyl groups is 1. The number of allylic oxidation sites excluding steroid dienone is 2. The molecule has 2 N–H and O–H groups in total. The highest BCUT2D eigenvalue weighted by atomic mass is 35.5. The van der Waals surface area contributed by atoms with Crippen LogP contribution in [0.1, 0.15) is 37.7 Å². The van der Waals surface area contributed by atoms with Crippen LogP contribution in [-0.4, -0.2) is 61.6 Å². The standard InChI is InChI=1S/C24H32ClN3O2/c1-28(2)18-7-5-17(6-8-18)27-22-10-11-26-21-9-4-15(12-19(21)22)16-13-20(25)24(29)23(14-16)30-3/h4,9,11-14,17-19,21-22,27,29H,5-8,10H2,1-3H3. The molecule has 2 aliphatic carbocycles. The summed E-state index contributed by atoms with van der Waals surface area (Å²) in [6.45, 7) is 0. The second-order valence-electron chi connectivity index (χ2n) is 8.87. The monoisotopic (exact) mass is 429 g/mol. The van der Waals surface area contributed by atoms with Gasteiger partial charge >= 0.3 is 0 Å². The molecule has 4 rings (SSSR count). The van der Waals surface area contributed by atoms with Crippen molar-refractivity contribution >= 4 is 23.4 Å². The smallest absolute Gasteiger partial charge is 0.176 e. The molecule has 1 aromatic rings. The molecule has 1 saturated carbocycles. The van der Waals surface area contributed by atoms with E-state index in [9.17, 15) is 5.11 Å². The Kier molecular flexibility index (Phi) is 6.51. The van der Waals surface area contributed by atoms with E-state index in [-0.39, 0.29) is 11.8 Å². The van der Waals surface area contributed by atoms with Crippen molar-refractivity contribution in [2.45, 2.75) is 56.3 Å². The molecule has 1 fully saturated rings. The first-order valence-corrected chi connectivity index (χ1v) is 11.2. The molecule has 0 amide bonds. The third kappa shape index (κ3) is 4.43. The van der Waals surface area contributed by atoms with Crippen molar-refractivity contribution in [1.82, 2.24) is 10.2 Å². The average molecular weight is 430 g/mol. The van der Waals surface area contributed by atoms with Gasteiger partial charge in [-0.15, -0.1) is 0 Å². The first-order chi connectivity index (χ1) is 14.5. The number of nitrogens with one attached hydrogen (secondary N) is 1. The Bertz CT molecular complexity index is 856. The van der Waals surface area contributed by atoms with E-state index < -0.39 is 0 Å². The van der Waals surface area contributed by atoms with E-state index in [0.717, 1.165) is 17.6 Å². The minimum absolute atomic E-state index is 0.0173. The van der Waals surface area contributed by atoms with Gasteiger partial charge in [-0.25, -0.2) is 0 Å². The fourth-order valence-corrected chi connectivity index (χ4v) is 5.19. The fourth-order valence-electron chi connectivity index (χ4n) is 4.98. The maximum absolute atomic E-state index is 10.1. The first kappa shape index (κ1) is 21.4. The van der Waals surface area contributed by atoms with Gasteiger partial charge in [0.1, 0.15) is 0 Å². The van der Waals surface area contributed by atoms with Crippen molar-refractivity contribution < 1.29 is 9.84 Å². The molecule has 3 atom stereocenters. The van der Waals surface area contributed by atoms with Gasteiger partial charge in [0.25, 0.3) is 0 Å². The lowest BCUT2D eigenvalue weighted by Gasteiger charge is -2.39. The number of ether oxygens (including phenoxy) is 1. The summed E-state index contributed by atoms with van der Waals surface area (Å²) in [5, 5.41) is 14.3. The number of aliphatic imine (C=N–C) groups is 1. The van der Waals surface area contributed by atoms with Crippen LogP contribution in [0.4, 0.5) is 0 Å². The van der Waals surface area contributed by atoms with Crippen LogP contribution in [0, 0.1) is 5.92 Å². The van der Waals surface area contributed by atoms with Crippen molar-refractivity contribution in [2.24, 2.45) is 10.9 Å². The molecule has 1 aliphatic heterocycles. The maximum atomic E-state index is 10.1. The van der Waals surface area contributed by atoms with Crippen LogP contribution in [0.5, 0.6) is 11.5 Å². The van der Waals surface area contributed by atoms with E-state index >= 15 is 0 Å². The van der Waals surface area contributed by atoms with Crippen molar-refractivity contribution in [3.8, 4) is 11.5 Å². The van der Waals surface area contributed by atoms with E-state index in [1.807, 2.05) is 6.07 Å². The van der Waals surface area contributed by atoms with Crippen molar-refractivity contribution in [2.75, 3.05) is 21.2 Å². The minimum atomic E-state index is -0.0173. The number of hydrogen-bond acceptors (Lipinski definition) is 5. The van der Waals surface area contributed by atoms with Gasteiger partial charge in [0.05, 0.1) is 18.2 Å². The van der Waals surface area contributed by atoms with Crippen molar-refractivity contribution in [3.63, 3.8) is 0 Å². The zero-order valence-corrected chi connectivity index (χ0v) is 18.8. The molecule has 0 bridgehead atoms. The lowest BCUT2D eigenvalue weighted by atomic mass is 9.80. The van der Waals surface area contributed by atoms with Crippen molar-refractivity contribution in [1.29, 1.82) is 0 Å². The maximum Gasteiger partial charge on any atom is 0.176 e. The Morgan fingerprint density at radius 3 is 2.67 bits per heavy atom. The van der Waals surface area contributed by atoms with E-state index in [1.54, 1.807) is 6.07 Å². The summed E-state index contributed by atoms with van der Waals surface area (Å²) >= 11 is 6.23. The molecule has 0 saturated heterocycles. The van der Waals surface area contributed by atoms with Crippen LogP contribution in [-0.2, 0) is 0 Å². The molecule has 0 spiro atoms. The third-order valence-electron chi connectivity index (χ3n) is 6.80. The number of rotatable bonds is 5. The number of fused-ring (bicyclic) bond motifs is 1. The summed E-state index contributed by atoms with van der Waals surface area (Å²) in [5.41, 5.74) is 2.04. The van der Waals surface area contributed by atoms with Gasteiger partial charge in [-0.3, -0.25) is 4.99 Å². The second-order valence-corrected chi connectivity index (χ2v) is 9.27. The summed E-state index contributed by atoms with van der Waals surface area (Å²) < 4.78 is 5.29. The second kappa shape index (κ2) is 9.13. The molecular weight excluding hydrogens is 398 g/mol. The van der Waals surface area contributed by atoms with Crippen LogP contribution in [0.3, 0.4) is 0 Å². The van der Waals surface area contributed by atoms with Gasteiger partial charge in [0.2, 0.25) is 0 Å². The van der Waals surface area contributed by atoms with Crippen LogP contribution in [0.15, 0.2) is 35.4 Å². The lowest BCUT2D eigenvalue weighted by molar-refractivity contribution is 0.192. The Hall–Kier alpha value is -1.82. The molecule has 1 aromatic carbocycles. The van der Waals surface area contributed by atoms with Crippen LogP contribution < -0.4 is 10.1 Å². The SMILES string of the molecule is COc1cc(C2=CC3C(C=C2)N=CCC3NC2CCC(N(C)C)CC2)cc(Cl)c1O. The summed E-state index contributed by atoms with van der Waals surface area (Å²) in [7, 11) is 5.91. The average Bonchev–Trinajstić information content (AvgIpc) is 2.76. The molecule has 30 heavy (non-hydrogen) atoms. The number of methoxy groups -OCH3 is 1. The highest BCUT2D eigenvalue weighted by molar-refractivity contribution is 6.32. The first-order valence-electron chi connectivity index (χ1n) is 10.9. The quantitative estimate of drug-likeness (QED) is 0.732. The van der Waals surface area contributed by atoms with Crippen LogP contribution in [0.25, 0.3) is 5.57 Å². The Balaban J connectivity index is 1.51. The Morgan fingerprint density at radius 1 is 1.20 bits per heavy atom. The molecule has 0 aromatic heterocycles. The number of phenols is 1. The normalized spacial score (nSPS) is 30.8. The molecule has 0 radical (unpaired) electrons. The predicted molar refractivity (Wildman–Crippen MR) is 124 cm³/mol. The zero-order chi connectivity index (χ0) is 21.3. The zero-order valence-electron chi connectivity index (χ0n) is 18.0. The number of benzene rings is 1. The Morgan fingerprint density at radius 2 is 1.97 bits per heavy atom. The van der Waals surface area contributed by atoms with E-state index in [4.69, 9.17) is 21.3 Å². The molecular formula is C24H32ClN3O2. The molecule has 6 heteroatoms. The number of halogens is 1. The molecule has 3 unspecified atom stereocenters. The van der Waals surface area contributed by atoms with Gasteiger partial charge < -0.3 is 20.1 Å². The van der Waals surface area contributed by atoms with Gasteiger partial charge in [-0.1, -0.05) is 29.8 Å². The van der Waals surface area contributed by atoms with E-state index in [2.05, 4.69) is 48.8 Å². The van der Waals surface area contributed by atoms with Gasteiger partial charge in [-0.2, -0.15) is 0 Å². The van der Waals surface area contributed by atoms with E-state index in [0.29, 0.717) is 34.8 Å². The number of nitrogens with zero attached hydrogens (tertiary/aromatic N) is 2. The highest BCUT2D eigenvalue weighted by Crippen LogP contribution is 2.39. The molecule has 3 aliphatic rings. The molecule has 162 valence electrons. The number of phenolic OH excluding ortho intramolecular Hbond substituents is 1. The lowest BCUT2D eigenvalue weighted by Crippen LogP contribution is -2.49. The van der Waals surface area contributed by atoms with Gasteiger partial charge in [0, 0.05) is 30.3 Å². The highest BCUT2D eigenvalue weighted by Gasteiger charge is 2.33. The van der Waals surface area contributed by atoms with Crippen molar-refractivity contribution in [3.05, 3.63) is 40.9 Å². The molecule has 1 heterocycles. The fraction of sp³-hybridized carbons (Fsp3) is 0.542. The summed E-state index contributed by atoms with van der Waals surface area (Å²) in [6.07, 6.45) is 14.6. The van der Waals surface area contributed by atoms with Crippen LogP contribution in [0.2, 0.25) is 5.02 Å². The van der Waals surface area contributed by atoms with E-state index in [1.165, 1.54) is 32.8 Å². The summed E-state index contributed by atoms with van der Waals surface area (Å²) in [5.74, 6) is 0.680. The summed E-state index contributed by atoms with van der Waals surface area (Å²) in [4.78, 5) is 7.09. The van der Waals surface area contributed by atoms with Gasteiger partial charge in [-0.05, 0) is 69.5 Å². The summed E-state index contributed by atoms with van der Waals surface area (Å²) in [6, 6.07) is 5.48. The topological polar surface area (TPSA) is 57.1 Å². The number of hydrogen-bond donors (Lipinski definition) is 2. The minimum Gasteiger partial charge on any atom is -0.503 e. The third-order valence-corrected chi connectivity index (χ3v) is 7.09. The molecule has 5 nitrogen and oxygen atoms in total. The van der Waals surface area contributed by atoms with Crippen LogP contribution >= 0.6 is 11.6 Å². The largest absolute Gasteiger partial charge is 0.503 e. The predicted octanol–water partition coefficient (Wildman–Crippen LogP) is 4.30. The van der Waals surface area contributed by atoms with Gasteiger partial charge in [0.15, 0.2) is 11.5 Å². The Labute approximate surface area is 184 Å².